The van der Waals surface area contributed by atoms with Gasteiger partial charge in [-0.25, -0.2) is 4.79 Å². The lowest BCUT2D eigenvalue weighted by Crippen LogP contribution is -2.26. The number of carbonyl (C=O) groups excluding carboxylic acids is 3. The number of hydrogen-bond donors (Lipinski definition) is 2. The second-order valence-corrected chi connectivity index (χ2v) is 7.95. The molecule has 0 unspecified atom stereocenters. The fourth-order valence-electron chi connectivity index (χ4n) is 3.15. The van der Waals surface area contributed by atoms with Crippen LogP contribution < -0.4 is 10.6 Å². The van der Waals surface area contributed by atoms with Crippen molar-refractivity contribution in [3.05, 3.63) is 45.3 Å². The molecule has 0 spiro atoms. The van der Waals surface area contributed by atoms with E-state index in [4.69, 9.17) is 16.3 Å². The third-order valence-corrected chi connectivity index (χ3v) is 5.90. The van der Waals surface area contributed by atoms with Crippen molar-refractivity contribution in [1.82, 2.24) is 0 Å². The van der Waals surface area contributed by atoms with E-state index in [0.717, 1.165) is 42.5 Å². The summed E-state index contributed by atoms with van der Waals surface area (Å²) in [4.78, 5) is 38.0. The van der Waals surface area contributed by atoms with Crippen LogP contribution in [-0.4, -0.2) is 24.4 Å². The van der Waals surface area contributed by atoms with Crippen LogP contribution >= 0.6 is 22.9 Å². The highest BCUT2D eigenvalue weighted by molar-refractivity contribution is 7.17. The second-order valence-electron chi connectivity index (χ2n) is 6.40. The van der Waals surface area contributed by atoms with Crippen molar-refractivity contribution in [2.45, 2.75) is 39.0 Å². The van der Waals surface area contributed by atoms with Gasteiger partial charge >= 0.3 is 11.9 Å². The molecule has 0 aliphatic heterocycles. The standard InChI is InChI=1S/C20H21ClN2O4S/c1-2-27-20(26)18(25)23-19-16(14-6-4-3-5-7-15(14)28-19)17(24)22-13-10-8-12(21)9-11-13/h8-11H,2-7H2,1H3,(H,22,24)(H,23,25). The number of ether oxygens (including phenoxy) is 1. The Labute approximate surface area is 172 Å². The van der Waals surface area contributed by atoms with E-state index in [1.165, 1.54) is 11.3 Å². The number of halogens is 1. The summed E-state index contributed by atoms with van der Waals surface area (Å²) in [5.74, 6) is -2.16. The van der Waals surface area contributed by atoms with E-state index in [9.17, 15) is 14.4 Å². The highest BCUT2D eigenvalue weighted by Crippen LogP contribution is 2.38. The predicted molar refractivity (Wildman–Crippen MR) is 110 cm³/mol. The topological polar surface area (TPSA) is 84.5 Å². The molecule has 0 atom stereocenters. The Balaban J connectivity index is 1.91. The SMILES string of the molecule is CCOC(=O)C(=O)Nc1sc2c(c1C(=O)Nc1ccc(Cl)cc1)CCCCC2. The molecule has 6 nitrogen and oxygen atoms in total. The third kappa shape index (κ3) is 4.72. The molecule has 1 aliphatic carbocycles. The number of esters is 1. The number of anilines is 2. The minimum Gasteiger partial charge on any atom is -0.459 e. The van der Waals surface area contributed by atoms with E-state index in [1.807, 2.05) is 0 Å². The summed E-state index contributed by atoms with van der Waals surface area (Å²) in [6, 6.07) is 6.80. The van der Waals surface area contributed by atoms with Crippen LogP contribution in [0.2, 0.25) is 5.02 Å². The van der Waals surface area contributed by atoms with Crippen molar-refractivity contribution < 1.29 is 19.1 Å². The number of benzene rings is 1. The number of amides is 2. The number of hydrogen-bond acceptors (Lipinski definition) is 5. The third-order valence-electron chi connectivity index (χ3n) is 4.44. The van der Waals surface area contributed by atoms with Crippen molar-refractivity contribution in [2.24, 2.45) is 0 Å². The maximum Gasteiger partial charge on any atom is 0.397 e. The molecular formula is C20H21ClN2O4S. The van der Waals surface area contributed by atoms with Gasteiger partial charge < -0.3 is 15.4 Å². The van der Waals surface area contributed by atoms with Crippen LogP contribution in [0.3, 0.4) is 0 Å². The quantitative estimate of drug-likeness (QED) is 0.435. The monoisotopic (exact) mass is 420 g/mol. The largest absolute Gasteiger partial charge is 0.459 e. The van der Waals surface area contributed by atoms with Crippen molar-refractivity contribution in [1.29, 1.82) is 0 Å². The molecule has 2 N–H and O–H groups in total. The van der Waals surface area contributed by atoms with Crippen molar-refractivity contribution >= 4 is 51.4 Å². The van der Waals surface area contributed by atoms with Gasteiger partial charge in [0.05, 0.1) is 12.2 Å². The zero-order chi connectivity index (χ0) is 20.1. The molecule has 0 saturated carbocycles. The fraction of sp³-hybridized carbons (Fsp3) is 0.350. The number of thiophene rings is 1. The first kappa shape index (κ1) is 20.4. The van der Waals surface area contributed by atoms with Gasteiger partial charge in [0.2, 0.25) is 0 Å². The summed E-state index contributed by atoms with van der Waals surface area (Å²) in [7, 11) is 0. The van der Waals surface area contributed by atoms with Crippen LogP contribution in [0, 0.1) is 0 Å². The summed E-state index contributed by atoms with van der Waals surface area (Å²) in [6.07, 6.45) is 4.75. The fourth-order valence-corrected chi connectivity index (χ4v) is 4.56. The molecular weight excluding hydrogens is 400 g/mol. The highest BCUT2D eigenvalue weighted by Gasteiger charge is 2.27. The van der Waals surface area contributed by atoms with Gasteiger partial charge in [-0.2, -0.15) is 0 Å². The second kappa shape index (κ2) is 9.21. The molecule has 0 fully saturated rings. The molecule has 1 heterocycles. The molecule has 148 valence electrons. The van der Waals surface area contributed by atoms with E-state index >= 15 is 0 Å². The van der Waals surface area contributed by atoms with Crippen molar-refractivity contribution in [3.8, 4) is 0 Å². The van der Waals surface area contributed by atoms with Crippen LogP contribution in [0.15, 0.2) is 24.3 Å². The van der Waals surface area contributed by atoms with Crippen molar-refractivity contribution in [2.75, 3.05) is 17.2 Å². The Kier molecular flexibility index (Phi) is 6.70. The summed E-state index contributed by atoms with van der Waals surface area (Å²) >= 11 is 7.26. The molecule has 1 aliphatic rings. The van der Waals surface area contributed by atoms with Crippen LogP contribution in [0.1, 0.15) is 47.0 Å². The minimum absolute atomic E-state index is 0.108. The van der Waals surface area contributed by atoms with Gasteiger partial charge in [-0.3, -0.25) is 9.59 Å². The van der Waals surface area contributed by atoms with Gasteiger partial charge in [0, 0.05) is 15.6 Å². The van der Waals surface area contributed by atoms with E-state index < -0.39 is 11.9 Å². The molecule has 1 aromatic heterocycles. The average molecular weight is 421 g/mol. The van der Waals surface area contributed by atoms with Gasteiger partial charge in [-0.05, 0) is 62.4 Å². The number of carbonyl (C=O) groups is 3. The minimum atomic E-state index is -0.963. The van der Waals surface area contributed by atoms with Gasteiger partial charge in [0.25, 0.3) is 5.91 Å². The first-order valence-corrected chi connectivity index (χ1v) is 10.4. The Morgan fingerprint density at radius 2 is 1.79 bits per heavy atom. The first-order valence-electron chi connectivity index (χ1n) is 9.19. The average Bonchev–Trinajstić information content (AvgIpc) is 2.84. The number of nitrogens with one attached hydrogen (secondary N) is 2. The first-order chi connectivity index (χ1) is 13.5. The van der Waals surface area contributed by atoms with E-state index in [0.29, 0.717) is 21.3 Å². The Hall–Kier alpha value is -2.38. The number of fused-ring (bicyclic) bond motifs is 1. The molecule has 1 aromatic carbocycles. The molecule has 0 saturated heterocycles. The molecule has 2 aromatic rings. The summed E-state index contributed by atoms with van der Waals surface area (Å²) in [6.45, 7) is 1.74. The summed E-state index contributed by atoms with van der Waals surface area (Å²) in [5, 5.41) is 6.38. The number of aryl methyl sites for hydroxylation is 1. The Bertz CT molecular complexity index is 892. The molecule has 0 radical (unpaired) electrons. The van der Waals surface area contributed by atoms with E-state index in [2.05, 4.69) is 10.6 Å². The maximum atomic E-state index is 13.0. The van der Waals surface area contributed by atoms with Crippen LogP contribution in [0.5, 0.6) is 0 Å². The van der Waals surface area contributed by atoms with Gasteiger partial charge in [-0.1, -0.05) is 18.0 Å². The van der Waals surface area contributed by atoms with Gasteiger partial charge in [0.15, 0.2) is 0 Å². The molecule has 3 rings (SSSR count). The molecule has 28 heavy (non-hydrogen) atoms. The predicted octanol–water partition coefficient (Wildman–Crippen LogP) is 4.42. The summed E-state index contributed by atoms with van der Waals surface area (Å²) in [5.41, 5.74) is 1.98. The maximum absolute atomic E-state index is 13.0. The van der Waals surface area contributed by atoms with Gasteiger partial charge in [-0.15, -0.1) is 11.3 Å². The van der Waals surface area contributed by atoms with Crippen molar-refractivity contribution in [3.63, 3.8) is 0 Å². The normalized spacial score (nSPS) is 13.2. The lowest BCUT2D eigenvalue weighted by molar-refractivity contribution is -0.152. The Morgan fingerprint density at radius 3 is 2.50 bits per heavy atom. The highest BCUT2D eigenvalue weighted by atomic mass is 35.5. The number of rotatable bonds is 4. The Morgan fingerprint density at radius 1 is 1.07 bits per heavy atom. The lowest BCUT2D eigenvalue weighted by atomic mass is 10.0. The summed E-state index contributed by atoms with van der Waals surface area (Å²) < 4.78 is 4.75. The van der Waals surface area contributed by atoms with Crippen LogP contribution in [0.25, 0.3) is 0 Å². The van der Waals surface area contributed by atoms with Gasteiger partial charge in [0.1, 0.15) is 5.00 Å². The molecule has 8 heteroatoms. The molecule has 0 bridgehead atoms. The zero-order valence-corrected chi connectivity index (χ0v) is 17.0. The lowest BCUT2D eigenvalue weighted by Gasteiger charge is -2.10. The van der Waals surface area contributed by atoms with Crippen LogP contribution in [-0.2, 0) is 27.2 Å². The van der Waals surface area contributed by atoms with Crippen LogP contribution in [0.4, 0.5) is 10.7 Å². The van der Waals surface area contributed by atoms with E-state index in [-0.39, 0.29) is 12.5 Å². The molecule has 2 amide bonds. The smallest absolute Gasteiger partial charge is 0.397 e. The zero-order valence-electron chi connectivity index (χ0n) is 15.5. The van der Waals surface area contributed by atoms with E-state index in [1.54, 1.807) is 31.2 Å².